The van der Waals surface area contributed by atoms with E-state index in [1.54, 1.807) is 6.08 Å². The van der Waals surface area contributed by atoms with Gasteiger partial charge in [0.15, 0.2) is 0 Å². The molecule has 11 heavy (non-hydrogen) atoms. The van der Waals surface area contributed by atoms with Gasteiger partial charge in [0, 0.05) is 0 Å². The maximum atomic E-state index is 8.31. The third-order valence-corrected chi connectivity index (χ3v) is 0.956. The van der Waals surface area contributed by atoms with E-state index in [2.05, 4.69) is 29.5 Å². The fourth-order valence-corrected chi connectivity index (χ4v) is 0.463. The summed E-state index contributed by atoms with van der Waals surface area (Å²) in [5.41, 5.74) is 11.3. The average molecular weight is 146 g/mol. The monoisotopic (exact) mass is 146 g/mol. The van der Waals surface area contributed by atoms with E-state index in [1.807, 2.05) is 6.92 Å². The molecule has 0 saturated heterocycles. The molecule has 0 aliphatic heterocycles. The van der Waals surface area contributed by atoms with E-state index in [0.717, 1.165) is 11.8 Å². The summed E-state index contributed by atoms with van der Waals surface area (Å²) in [6.45, 7) is 5.20. The molecule has 0 fully saturated rings. The van der Waals surface area contributed by atoms with Gasteiger partial charge in [-0.15, -0.1) is 0 Å². The largest absolute Gasteiger partial charge is 0.516 e. The molecular formula is C10H10O. The van der Waals surface area contributed by atoms with Crippen molar-refractivity contribution in [3.63, 3.8) is 0 Å². The number of rotatable bonds is 2. The van der Waals surface area contributed by atoms with Crippen LogP contribution < -0.4 is 0 Å². The quantitative estimate of drug-likeness (QED) is 0.469. The maximum absolute atomic E-state index is 8.31. The second kappa shape index (κ2) is 6.52. The molecular weight excluding hydrogens is 136 g/mol. The molecule has 0 heterocycles. The summed E-state index contributed by atoms with van der Waals surface area (Å²) in [6, 6.07) is 0. The molecule has 1 nitrogen and oxygen atoms in total. The van der Waals surface area contributed by atoms with Crippen LogP contribution in [0.25, 0.3) is 0 Å². The lowest BCUT2D eigenvalue weighted by molar-refractivity contribution is 0.471. The molecule has 0 aliphatic rings. The highest BCUT2D eigenvalue weighted by molar-refractivity contribution is 5.02. The molecule has 0 spiro atoms. The fourth-order valence-electron chi connectivity index (χ4n) is 0.463. The summed E-state index contributed by atoms with van der Waals surface area (Å²) < 4.78 is 0. The third-order valence-electron chi connectivity index (χ3n) is 0.956. The molecule has 0 unspecified atom stereocenters. The van der Waals surface area contributed by atoms with Crippen LogP contribution in [0, 0.1) is 0 Å². The van der Waals surface area contributed by atoms with E-state index < -0.39 is 0 Å². The summed E-state index contributed by atoms with van der Waals surface area (Å²) in [5, 5.41) is 8.31. The highest BCUT2D eigenvalue weighted by Gasteiger charge is 1.79. The second-order valence-electron chi connectivity index (χ2n) is 1.92. The standard InChI is InChI=1S/C10H10O/c1-3-4-5-7-10(2)8-6-9-11/h6,9,11H,1,8H2,2H3. The van der Waals surface area contributed by atoms with Gasteiger partial charge < -0.3 is 5.11 Å². The molecule has 56 valence electrons. The van der Waals surface area contributed by atoms with Crippen molar-refractivity contribution >= 4 is 0 Å². The summed E-state index contributed by atoms with van der Waals surface area (Å²) in [4.78, 5) is 0. The first-order valence-electron chi connectivity index (χ1n) is 3.21. The number of allylic oxidation sites excluding steroid dienone is 2. The average Bonchev–Trinajstić information content (AvgIpc) is 2.01. The Morgan fingerprint density at radius 1 is 1.55 bits per heavy atom. The van der Waals surface area contributed by atoms with Crippen molar-refractivity contribution in [2.75, 3.05) is 0 Å². The zero-order valence-electron chi connectivity index (χ0n) is 6.52. The van der Waals surface area contributed by atoms with Gasteiger partial charge >= 0.3 is 0 Å². The smallest absolute Gasteiger partial charge is 0.0755 e. The minimum atomic E-state index is 0.669. The molecule has 0 aliphatic carbocycles. The molecule has 0 amide bonds. The van der Waals surface area contributed by atoms with Crippen molar-refractivity contribution in [2.45, 2.75) is 13.3 Å². The van der Waals surface area contributed by atoms with E-state index in [-0.39, 0.29) is 0 Å². The Labute approximate surface area is 66.7 Å². The molecule has 0 saturated carbocycles. The highest BCUT2D eigenvalue weighted by Crippen LogP contribution is 1.96. The van der Waals surface area contributed by atoms with Crippen LogP contribution in [0.15, 0.2) is 47.4 Å². The van der Waals surface area contributed by atoms with Crippen molar-refractivity contribution in [2.24, 2.45) is 0 Å². The van der Waals surface area contributed by atoms with Gasteiger partial charge in [-0.3, -0.25) is 0 Å². The Bertz CT molecular complexity index is 285. The Balaban J connectivity index is 4.46. The van der Waals surface area contributed by atoms with Gasteiger partial charge in [-0.05, 0) is 43.0 Å². The maximum Gasteiger partial charge on any atom is 0.0755 e. The summed E-state index contributed by atoms with van der Waals surface area (Å²) in [7, 11) is 0. The first-order chi connectivity index (χ1) is 5.31. The third kappa shape index (κ3) is 6.28. The normalized spacial score (nSPS) is 7.73. The molecule has 0 atom stereocenters. The topological polar surface area (TPSA) is 20.2 Å². The molecule has 1 N–H and O–H groups in total. The molecule has 0 aromatic heterocycles. The zero-order chi connectivity index (χ0) is 8.53. The van der Waals surface area contributed by atoms with Crippen LogP contribution in [0.3, 0.4) is 0 Å². The van der Waals surface area contributed by atoms with Crippen molar-refractivity contribution in [3.8, 4) is 0 Å². The van der Waals surface area contributed by atoms with E-state index in [9.17, 15) is 0 Å². The highest BCUT2D eigenvalue weighted by atomic mass is 16.2. The first kappa shape index (κ1) is 9.40. The van der Waals surface area contributed by atoms with Crippen LogP contribution in [-0.4, -0.2) is 5.11 Å². The van der Waals surface area contributed by atoms with Crippen LogP contribution in [0.2, 0.25) is 0 Å². The first-order valence-corrected chi connectivity index (χ1v) is 3.21. The van der Waals surface area contributed by atoms with Gasteiger partial charge in [0.1, 0.15) is 0 Å². The Kier molecular flexibility index (Phi) is 5.57. The van der Waals surface area contributed by atoms with Gasteiger partial charge in [-0.2, -0.15) is 0 Å². The molecule has 0 bridgehead atoms. The Morgan fingerprint density at radius 2 is 2.27 bits per heavy atom. The number of aliphatic hydroxyl groups is 1. The van der Waals surface area contributed by atoms with E-state index in [4.69, 9.17) is 5.11 Å². The van der Waals surface area contributed by atoms with Crippen LogP contribution in [0.1, 0.15) is 13.3 Å². The lowest BCUT2D eigenvalue weighted by Crippen LogP contribution is -1.66. The lowest BCUT2D eigenvalue weighted by Gasteiger charge is -1.83. The minimum absolute atomic E-state index is 0.669. The predicted octanol–water partition coefficient (Wildman–Crippen LogP) is 2.64. The van der Waals surface area contributed by atoms with Crippen LogP contribution in [0.4, 0.5) is 0 Å². The number of hydrogen-bond donors (Lipinski definition) is 1. The lowest BCUT2D eigenvalue weighted by atomic mass is 10.2. The summed E-state index contributed by atoms with van der Waals surface area (Å²) in [6.07, 6.45) is 3.31. The van der Waals surface area contributed by atoms with E-state index in [1.165, 1.54) is 0 Å². The van der Waals surface area contributed by atoms with Gasteiger partial charge in [0.25, 0.3) is 0 Å². The molecule has 0 radical (unpaired) electrons. The van der Waals surface area contributed by atoms with Crippen LogP contribution >= 0.6 is 0 Å². The van der Waals surface area contributed by atoms with Gasteiger partial charge in [-0.1, -0.05) is 11.5 Å². The van der Waals surface area contributed by atoms with E-state index >= 15 is 0 Å². The van der Waals surface area contributed by atoms with Crippen molar-refractivity contribution in [3.05, 3.63) is 47.4 Å². The minimum Gasteiger partial charge on any atom is -0.516 e. The van der Waals surface area contributed by atoms with Crippen molar-refractivity contribution < 1.29 is 5.11 Å². The summed E-state index contributed by atoms with van der Waals surface area (Å²) in [5.74, 6) is 0. The second-order valence-corrected chi connectivity index (χ2v) is 1.92. The number of aliphatic hydroxyl groups excluding tert-OH is 1. The number of hydrogen-bond acceptors (Lipinski definition) is 1. The molecule has 0 aromatic rings. The SMILES string of the molecule is C=C=C=C=C=C(C)CC=CO. The zero-order valence-corrected chi connectivity index (χ0v) is 6.52. The van der Waals surface area contributed by atoms with Gasteiger partial charge in [0.2, 0.25) is 0 Å². The fraction of sp³-hybridized carbons (Fsp3) is 0.200. The van der Waals surface area contributed by atoms with Crippen LogP contribution in [0.5, 0.6) is 0 Å². The molecule has 1 heteroatoms. The van der Waals surface area contributed by atoms with Crippen LogP contribution in [-0.2, 0) is 0 Å². The molecule has 0 rings (SSSR count). The van der Waals surface area contributed by atoms with Crippen molar-refractivity contribution in [1.29, 1.82) is 0 Å². The Morgan fingerprint density at radius 3 is 2.82 bits per heavy atom. The summed E-state index contributed by atoms with van der Waals surface area (Å²) >= 11 is 0. The predicted molar refractivity (Wildman–Crippen MR) is 45.3 cm³/mol. The molecule has 0 aromatic carbocycles. The van der Waals surface area contributed by atoms with Gasteiger partial charge in [-0.25, -0.2) is 0 Å². The Hall–Kier alpha value is -1.60. The van der Waals surface area contributed by atoms with Crippen molar-refractivity contribution in [1.82, 2.24) is 0 Å². The van der Waals surface area contributed by atoms with E-state index in [0.29, 0.717) is 6.42 Å². The van der Waals surface area contributed by atoms with Gasteiger partial charge in [0.05, 0.1) is 6.26 Å².